The largest absolute Gasteiger partial charge is 0.468 e. The highest BCUT2D eigenvalue weighted by atomic mass is 79.9. The van der Waals surface area contributed by atoms with Crippen molar-refractivity contribution in [1.29, 1.82) is 0 Å². The lowest BCUT2D eigenvalue weighted by atomic mass is 10.2. The normalized spacial score (nSPS) is 12.5. The van der Waals surface area contributed by atoms with Gasteiger partial charge in [-0.05, 0) is 37.9 Å². The summed E-state index contributed by atoms with van der Waals surface area (Å²) in [5.74, 6) is -0.303. The summed E-state index contributed by atoms with van der Waals surface area (Å²) in [7, 11) is 3.00. The van der Waals surface area contributed by atoms with Gasteiger partial charge in [0.25, 0.3) is 0 Å². The molecule has 96 valence electrons. The van der Waals surface area contributed by atoms with Gasteiger partial charge in [-0.15, -0.1) is 11.3 Å². The summed E-state index contributed by atoms with van der Waals surface area (Å²) in [5, 5.41) is 3.10. The van der Waals surface area contributed by atoms with Gasteiger partial charge in [0.2, 0.25) is 0 Å². The van der Waals surface area contributed by atoms with Crippen LogP contribution >= 0.6 is 43.2 Å². The van der Waals surface area contributed by atoms with Crippen molar-refractivity contribution in [3.05, 3.63) is 19.2 Å². The molecule has 0 radical (unpaired) electrons. The number of nitrogens with one attached hydrogen (secondary N) is 1. The number of carbonyl (C=O) groups is 1. The van der Waals surface area contributed by atoms with E-state index in [2.05, 4.69) is 37.2 Å². The number of hydrogen-bond acceptors (Lipinski definition) is 5. The average molecular weight is 387 g/mol. The molecule has 7 heteroatoms. The second-order valence-corrected chi connectivity index (χ2v) is 6.43. The molecule has 0 aliphatic carbocycles. The first kappa shape index (κ1) is 15.1. The summed E-state index contributed by atoms with van der Waals surface area (Å²) in [5.41, 5.74) is 0. The van der Waals surface area contributed by atoms with E-state index in [0.717, 1.165) is 13.1 Å². The third-order valence-electron chi connectivity index (χ3n) is 2.04. The van der Waals surface area contributed by atoms with Gasteiger partial charge in [-0.1, -0.05) is 0 Å². The topological polar surface area (TPSA) is 47.6 Å². The molecule has 0 spiro atoms. The van der Waals surface area contributed by atoms with Crippen molar-refractivity contribution >= 4 is 49.2 Å². The summed E-state index contributed by atoms with van der Waals surface area (Å²) < 4.78 is 11.6. The first-order valence-electron chi connectivity index (χ1n) is 4.85. The van der Waals surface area contributed by atoms with Gasteiger partial charge in [-0.25, -0.2) is 4.79 Å². The van der Waals surface area contributed by atoms with Crippen LogP contribution in [-0.2, 0) is 14.3 Å². The molecule has 1 aromatic rings. The van der Waals surface area contributed by atoms with E-state index in [1.165, 1.54) is 18.4 Å². The third kappa shape index (κ3) is 4.33. The van der Waals surface area contributed by atoms with E-state index < -0.39 is 6.04 Å². The van der Waals surface area contributed by atoms with Crippen molar-refractivity contribution in [3.63, 3.8) is 0 Å². The van der Waals surface area contributed by atoms with Crippen LogP contribution in [0.3, 0.4) is 0 Å². The van der Waals surface area contributed by atoms with Crippen LogP contribution in [0.2, 0.25) is 0 Å². The highest BCUT2D eigenvalue weighted by Crippen LogP contribution is 2.35. The summed E-state index contributed by atoms with van der Waals surface area (Å²) in [6.07, 6.45) is 0. The van der Waals surface area contributed by atoms with Crippen LogP contribution in [0.25, 0.3) is 0 Å². The number of methoxy groups -OCH3 is 2. The third-order valence-corrected chi connectivity index (χ3v) is 5.36. The minimum Gasteiger partial charge on any atom is -0.468 e. The molecule has 0 saturated heterocycles. The van der Waals surface area contributed by atoms with Crippen LogP contribution < -0.4 is 5.32 Å². The van der Waals surface area contributed by atoms with Crippen molar-refractivity contribution in [1.82, 2.24) is 5.32 Å². The maximum atomic E-state index is 11.7. The second kappa shape index (κ2) is 7.48. The molecule has 1 aromatic heterocycles. The van der Waals surface area contributed by atoms with E-state index in [1.807, 2.05) is 6.07 Å². The highest BCUT2D eigenvalue weighted by Gasteiger charge is 2.23. The van der Waals surface area contributed by atoms with Crippen LogP contribution in [-0.4, -0.2) is 33.3 Å². The Morgan fingerprint density at radius 1 is 1.53 bits per heavy atom. The van der Waals surface area contributed by atoms with Gasteiger partial charge >= 0.3 is 5.97 Å². The quantitative estimate of drug-likeness (QED) is 0.603. The number of rotatable bonds is 6. The van der Waals surface area contributed by atoms with Crippen LogP contribution in [0.15, 0.2) is 14.3 Å². The van der Waals surface area contributed by atoms with Crippen molar-refractivity contribution < 1.29 is 14.3 Å². The number of carbonyl (C=O) groups excluding carboxylic acids is 1. The van der Waals surface area contributed by atoms with E-state index in [4.69, 9.17) is 9.47 Å². The number of halogens is 2. The Labute approximate surface area is 121 Å². The van der Waals surface area contributed by atoms with E-state index in [1.54, 1.807) is 7.11 Å². The zero-order chi connectivity index (χ0) is 12.8. The van der Waals surface area contributed by atoms with Gasteiger partial charge in [-0.2, -0.15) is 0 Å². The van der Waals surface area contributed by atoms with Crippen LogP contribution in [0.1, 0.15) is 10.9 Å². The lowest BCUT2D eigenvalue weighted by Crippen LogP contribution is -2.31. The van der Waals surface area contributed by atoms with Crippen LogP contribution in [0.4, 0.5) is 0 Å². The second-order valence-electron chi connectivity index (χ2n) is 3.17. The average Bonchev–Trinajstić information content (AvgIpc) is 2.64. The molecular formula is C10H13Br2NO3S. The van der Waals surface area contributed by atoms with Gasteiger partial charge < -0.3 is 9.47 Å². The fourth-order valence-electron chi connectivity index (χ4n) is 1.23. The monoisotopic (exact) mass is 385 g/mol. The Morgan fingerprint density at radius 3 is 2.71 bits per heavy atom. The van der Waals surface area contributed by atoms with Crippen LogP contribution in [0.5, 0.6) is 0 Å². The number of esters is 1. The lowest BCUT2D eigenvalue weighted by molar-refractivity contribution is -0.143. The number of hydrogen-bond donors (Lipinski definition) is 1. The molecule has 0 aliphatic heterocycles. The summed E-state index contributed by atoms with van der Waals surface area (Å²) in [6.45, 7) is 1.13. The maximum Gasteiger partial charge on any atom is 0.328 e. The molecule has 1 atom stereocenters. The minimum absolute atomic E-state index is 0.303. The fourth-order valence-corrected chi connectivity index (χ4v) is 3.38. The molecule has 4 nitrogen and oxygen atoms in total. The molecule has 0 aliphatic rings. The number of thiophene rings is 1. The molecule has 0 bridgehead atoms. The first-order valence-corrected chi connectivity index (χ1v) is 7.25. The molecule has 0 saturated carbocycles. The Balaban J connectivity index is 2.78. The molecule has 1 N–H and O–H groups in total. The summed E-state index contributed by atoms with van der Waals surface area (Å²) >= 11 is 8.29. The van der Waals surface area contributed by atoms with Crippen molar-refractivity contribution in [2.75, 3.05) is 27.4 Å². The van der Waals surface area contributed by atoms with E-state index in [-0.39, 0.29) is 5.97 Å². The Hall–Kier alpha value is 0.0500. The number of ether oxygens (including phenoxy) is 2. The highest BCUT2D eigenvalue weighted by molar-refractivity contribution is 9.13. The smallest absolute Gasteiger partial charge is 0.328 e. The first-order chi connectivity index (χ1) is 8.10. The molecule has 0 aromatic carbocycles. The van der Waals surface area contributed by atoms with Crippen LogP contribution in [0, 0.1) is 0 Å². The fraction of sp³-hybridized carbons (Fsp3) is 0.500. The van der Waals surface area contributed by atoms with Gasteiger partial charge in [0.15, 0.2) is 0 Å². The Kier molecular flexibility index (Phi) is 6.65. The SMILES string of the molecule is COCCNC(C(=O)OC)c1cc(Br)c(Br)s1. The molecule has 0 amide bonds. The van der Waals surface area contributed by atoms with E-state index in [0.29, 0.717) is 13.2 Å². The standard InChI is InChI=1S/C10H13Br2NO3S/c1-15-4-3-13-8(10(14)16-2)7-5-6(11)9(12)17-7/h5,8,13H,3-4H2,1-2H3. The predicted octanol–water partition coefficient (Wildman–Crippen LogP) is 2.72. The minimum atomic E-state index is -0.456. The molecular weight excluding hydrogens is 374 g/mol. The zero-order valence-corrected chi connectivity index (χ0v) is 13.4. The maximum absolute atomic E-state index is 11.7. The lowest BCUT2D eigenvalue weighted by Gasteiger charge is -2.14. The molecule has 1 unspecified atom stereocenters. The van der Waals surface area contributed by atoms with Gasteiger partial charge in [0, 0.05) is 23.0 Å². The van der Waals surface area contributed by atoms with E-state index >= 15 is 0 Å². The molecule has 1 heterocycles. The molecule has 0 fully saturated rings. The molecule has 1 rings (SSSR count). The summed E-state index contributed by atoms with van der Waals surface area (Å²) in [6, 6.07) is 1.44. The zero-order valence-electron chi connectivity index (χ0n) is 9.46. The van der Waals surface area contributed by atoms with Crippen molar-refractivity contribution in [3.8, 4) is 0 Å². The van der Waals surface area contributed by atoms with Gasteiger partial charge in [0.1, 0.15) is 6.04 Å². The van der Waals surface area contributed by atoms with Gasteiger partial charge in [0.05, 0.1) is 17.5 Å². The Morgan fingerprint density at radius 2 is 2.24 bits per heavy atom. The van der Waals surface area contributed by atoms with Crippen molar-refractivity contribution in [2.24, 2.45) is 0 Å². The summed E-state index contributed by atoms with van der Waals surface area (Å²) in [4.78, 5) is 12.6. The Bertz CT molecular complexity index is 364. The van der Waals surface area contributed by atoms with Crippen molar-refractivity contribution in [2.45, 2.75) is 6.04 Å². The van der Waals surface area contributed by atoms with E-state index in [9.17, 15) is 4.79 Å². The van der Waals surface area contributed by atoms with Gasteiger partial charge in [-0.3, -0.25) is 5.32 Å². The molecule has 17 heavy (non-hydrogen) atoms. The predicted molar refractivity (Wildman–Crippen MR) is 74.4 cm³/mol.